The van der Waals surface area contributed by atoms with Crippen molar-refractivity contribution in [1.29, 1.82) is 0 Å². The number of phenols is 1. The lowest BCUT2D eigenvalue weighted by molar-refractivity contribution is -0.137. The van der Waals surface area contributed by atoms with Crippen molar-refractivity contribution in [2.45, 2.75) is 6.18 Å². The van der Waals surface area contributed by atoms with Gasteiger partial charge in [0.25, 0.3) is 0 Å². The van der Waals surface area contributed by atoms with E-state index in [9.17, 15) is 18.3 Å². The number of hydrogen-bond acceptors (Lipinski definition) is 3. The topological polar surface area (TPSA) is 41.8 Å². The van der Waals surface area contributed by atoms with E-state index in [-0.39, 0.29) is 16.5 Å². The lowest BCUT2D eigenvalue weighted by Crippen LogP contribution is -2.04. The molecular weight excluding hydrogens is 319 g/mol. The molecule has 2 rings (SSSR count). The fourth-order valence-corrected chi connectivity index (χ4v) is 1.86. The predicted molar refractivity (Wildman–Crippen MR) is 78.4 cm³/mol. The highest BCUT2D eigenvalue weighted by atomic mass is 35.5. The summed E-state index contributed by atoms with van der Waals surface area (Å²) >= 11 is 5.84. The maximum Gasteiger partial charge on any atom is 0.416 e. The van der Waals surface area contributed by atoms with Gasteiger partial charge >= 0.3 is 6.18 Å². The molecule has 0 aromatic heterocycles. The molecule has 0 aliphatic carbocycles. The van der Waals surface area contributed by atoms with Crippen LogP contribution in [0.1, 0.15) is 11.1 Å². The van der Waals surface area contributed by atoms with Crippen LogP contribution < -0.4 is 4.74 Å². The van der Waals surface area contributed by atoms with Crippen LogP contribution in [-0.4, -0.2) is 18.4 Å². The van der Waals surface area contributed by atoms with E-state index in [1.807, 2.05) is 0 Å². The van der Waals surface area contributed by atoms with Gasteiger partial charge in [-0.1, -0.05) is 11.6 Å². The van der Waals surface area contributed by atoms with Gasteiger partial charge in [-0.3, -0.25) is 4.99 Å². The number of alkyl halides is 3. The fraction of sp³-hybridized carbons (Fsp3) is 0.133. The van der Waals surface area contributed by atoms with Crippen molar-refractivity contribution in [3.63, 3.8) is 0 Å². The Hall–Kier alpha value is -2.21. The number of aliphatic imine (C=N–C) groups is 1. The molecule has 2 aromatic carbocycles. The van der Waals surface area contributed by atoms with Crippen molar-refractivity contribution in [3.05, 3.63) is 52.5 Å². The van der Waals surface area contributed by atoms with E-state index in [0.717, 1.165) is 18.2 Å². The van der Waals surface area contributed by atoms with Gasteiger partial charge < -0.3 is 9.84 Å². The number of halogens is 4. The molecule has 1 N–H and O–H groups in total. The number of nitrogens with zero attached hydrogens (tertiary/aromatic N) is 1. The number of hydrogen-bond donors (Lipinski definition) is 1. The second-order valence-electron chi connectivity index (χ2n) is 4.35. The predicted octanol–water partition coefficient (Wildman–Crippen LogP) is 4.82. The van der Waals surface area contributed by atoms with E-state index in [1.165, 1.54) is 25.5 Å². The zero-order chi connectivity index (χ0) is 16.3. The van der Waals surface area contributed by atoms with E-state index >= 15 is 0 Å². The van der Waals surface area contributed by atoms with Crippen LogP contribution in [0.15, 0.2) is 41.4 Å². The molecule has 3 nitrogen and oxygen atoms in total. The standard InChI is InChI=1S/C15H11ClF3NO2/c1-22-11-3-5-14(21)9(6-11)8-20-13-7-10(15(17,18)19)2-4-12(13)16/h2-8,21H,1H3. The highest BCUT2D eigenvalue weighted by Gasteiger charge is 2.30. The number of rotatable bonds is 3. The van der Waals surface area contributed by atoms with Crippen molar-refractivity contribution in [2.75, 3.05) is 7.11 Å². The van der Waals surface area contributed by atoms with E-state index in [1.54, 1.807) is 6.07 Å². The zero-order valence-corrected chi connectivity index (χ0v) is 12.1. The number of benzene rings is 2. The monoisotopic (exact) mass is 329 g/mol. The molecule has 0 saturated heterocycles. The minimum absolute atomic E-state index is 0.0429. The smallest absolute Gasteiger partial charge is 0.416 e. The van der Waals surface area contributed by atoms with Crippen LogP contribution in [0.25, 0.3) is 0 Å². The van der Waals surface area contributed by atoms with Crippen molar-refractivity contribution < 1.29 is 23.0 Å². The Kier molecular flexibility index (Phi) is 4.61. The molecule has 0 atom stereocenters. The molecule has 0 aliphatic rings. The van der Waals surface area contributed by atoms with Crippen LogP contribution in [0.3, 0.4) is 0 Å². The Labute approximate surface area is 129 Å². The Morgan fingerprint density at radius 3 is 2.55 bits per heavy atom. The molecule has 0 amide bonds. The largest absolute Gasteiger partial charge is 0.507 e. The molecule has 0 saturated carbocycles. The van der Waals surface area contributed by atoms with Crippen LogP contribution in [-0.2, 0) is 6.18 Å². The summed E-state index contributed by atoms with van der Waals surface area (Å²) < 4.78 is 43.0. The van der Waals surface area contributed by atoms with Crippen LogP contribution in [0, 0.1) is 0 Å². The first-order valence-corrected chi connectivity index (χ1v) is 6.47. The number of methoxy groups -OCH3 is 1. The first-order valence-electron chi connectivity index (χ1n) is 6.09. The van der Waals surface area contributed by atoms with E-state index in [4.69, 9.17) is 16.3 Å². The van der Waals surface area contributed by atoms with Gasteiger partial charge in [-0.2, -0.15) is 13.2 Å². The maximum atomic E-state index is 12.7. The molecule has 0 fully saturated rings. The van der Waals surface area contributed by atoms with Gasteiger partial charge in [0.15, 0.2) is 0 Å². The van der Waals surface area contributed by atoms with Crippen molar-refractivity contribution >= 4 is 23.5 Å². The van der Waals surface area contributed by atoms with Crippen LogP contribution in [0.4, 0.5) is 18.9 Å². The lowest BCUT2D eigenvalue weighted by Gasteiger charge is -2.08. The average Bonchev–Trinajstić information content (AvgIpc) is 2.46. The van der Waals surface area contributed by atoms with Crippen molar-refractivity contribution in [3.8, 4) is 11.5 Å². The quantitative estimate of drug-likeness (QED) is 0.820. The highest BCUT2D eigenvalue weighted by molar-refractivity contribution is 6.33. The number of aromatic hydroxyl groups is 1. The summed E-state index contributed by atoms with van der Waals surface area (Å²) in [5.74, 6) is 0.405. The fourth-order valence-electron chi connectivity index (χ4n) is 1.69. The van der Waals surface area contributed by atoms with E-state index in [0.29, 0.717) is 11.3 Å². The summed E-state index contributed by atoms with van der Waals surface area (Å²) in [6.07, 6.45) is -3.26. The molecule has 0 unspecified atom stereocenters. The van der Waals surface area contributed by atoms with Crippen molar-refractivity contribution in [1.82, 2.24) is 0 Å². The first-order chi connectivity index (χ1) is 10.3. The molecule has 0 radical (unpaired) electrons. The Morgan fingerprint density at radius 2 is 1.91 bits per heavy atom. The Balaban J connectivity index is 2.38. The lowest BCUT2D eigenvalue weighted by atomic mass is 10.2. The summed E-state index contributed by atoms with van der Waals surface area (Å²) in [4.78, 5) is 3.91. The first kappa shape index (κ1) is 16.2. The van der Waals surface area contributed by atoms with Gasteiger partial charge in [-0.05, 0) is 36.4 Å². The average molecular weight is 330 g/mol. The molecule has 0 aliphatic heterocycles. The molecule has 7 heteroatoms. The molecule has 0 bridgehead atoms. The van der Waals surface area contributed by atoms with Gasteiger partial charge in [0, 0.05) is 11.8 Å². The Morgan fingerprint density at radius 1 is 1.18 bits per heavy atom. The second kappa shape index (κ2) is 6.27. The van der Waals surface area contributed by atoms with Gasteiger partial charge in [-0.25, -0.2) is 0 Å². The molecule has 22 heavy (non-hydrogen) atoms. The normalized spacial score (nSPS) is 11.9. The molecule has 2 aromatic rings. The van der Waals surface area contributed by atoms with E-state index in [2.05, 4.69) is 4.99 Å². The third-order valence-corrected chi connectivity index (χ3v) is 3.17. The third kappa shape index (κ3) is 3.71. The Bertz CT molecular complexity index is 714. The molecule has 0 spiro atoms. The van der Waals surface area contributed by atoms with Crippen LogP contribution in [0.5, 0.6) is 11.5 Å². The number of ether oxygens (including phenoxy) is 1. The summed E-state index contributed by atoms with van der Waals surface area (Å²) in [6.45, 7) is 0. The van der Waals surface area contributed by atoms with Crippen molar-refractivity contribution in [2.24, 2.45) is 4.99 Å². The van der Waals surface area contributed by atoms with Crippen LogP contribution in [0.2, 0.25) is 5.02 Å². The maximum absolute atomic E-state index is 12.7. The summed E-state index contributed by atoms with van der Waals surface area (Å²) in [6, 6.07) is 7.29. The van der Waals surface area contributed by atoms with Gasteiger partial charge in [0.2, 0.25) is 0 Å². The minimum atomic E-state index is -4.48. The molecule has 0 heterocycles. The minimum Gasteiger partial charge on any atom is -0.507 e. The molecular formula is C15H11ClF3NO2. The number of phenolic OH excluding ortho intramolecular Hbond substituents is 1. The van der Waals surface area contributed by atoms with Gasteiger partial charge in [-0.15, -0.1) is 0 Å². The third-order valence-electron chi connectivity index (χ3n) is 2.85. The SMILES string of the molecule is COc1ccc(O)c(C=Nc2cc(C(F)(F)F)ccc2Cl)c1. The van der Waals surface area contributed by atoms with E-state index < -0.39 is 11.7 Å². The van der Waals surface area contributed by atoms with Gasteiger partial charge in [0.1, 0.15) is 11.5 Å². The van der Waals surface area contributed by atoms with Crippen LogP contribution >= 0.6 is 11.6 Å². The summed E-state index contributed by atoms with van der Waals surface area (Å²) in [7, 11) is 1.46. The van der Waals surface area contributed by atoms with Gasteiger partial charge in [0.05, 0.1) is 23.4 Å². The second-order valence-corrected chi connectivity index (χ2v) is 4.75. The summed E-state index contributed by atoms with van der Waals surface area (Å²) in [5.41, 5.74) is -0.592. The zero-order valence-electron chi connectivity index (χ0n) is 11.4. The highest BCUT2D eigenvalue weighted by Crippen LogP contribution is 2.35. The molecule has 116 valence electrons. The summed E-state index contributed by atoms with van der Waals surface area (Å²) in [5, 5.41) is 9.78.